The summed E-state index contributed by atoms with van der Waals surface area (Å²) >= 11 is 6.12. The average Bonchev–Trinajstić information content (AvgIpc) is 2.39. The average molecular weight is 264 g/mol. The van der Waals surface area contributed by atoms with Crippen LogP contribution in [0, 0.1) is 6.92 Å². The first-order valence-electron chi connectivity index (χ1n) is 5.42. The highest BCUT2D eigenvalue weighted by Gasteiger charge is 2.13. The highest BCUT2D eigenvalue weighted by molar-refractivity contribution is 6.33. The summed E-state index contributed by atoms with van der Waals surface area (Å²) in [6, 6.07) is 7.99. The van der Waals surface area contributed by atoms with Gasteiger partial charge in [-0.1, -0.05) is 29.8 Å². The number of hydrogen-bond donors (Lipinski definition) is 2. The molecule has 0 spiro atoms. The molecule has 18 heavy (non-hydrogen) atoms. The summed E-state index contributed by atoms with van der Waals surface area (Å²) in [5, 5.41) is 0.472. The van der Waals surface area contributed by atoms with Gasteiger partial charge in [0.2, 0.25) is 5.95 Å². The molecule has 0 radical (unpaired) electrons. The Morgan fingerprint density at radius 1 is 1.33 bits per heavy atom. The minimum Gasteiger partial charge on any atom is -0.328 e. The van der Waals surface area contributed by atoms with Gasteiger partial charge in [0, 0.05) is 12.7 Å². The number of hydrazine groups is 1. The molecule has 0 fully saturated rings. The minimum atomic E-state index is 0.329. The molecule has 1 heterocycles. The maximum Gasteiger partial charge on any atom is 0.239 e. The van der Waals surface area contributed by atoms with Crippen molar-refractivity contribution < 1.29 is 0 Å². The van der Waals surface area contributed by atoms with Crippen molar-refractivity contribution >= 4 is 29.1 Å². The molecule has 0 aliphatic carbocycles. The smallest absolute Gasteiger partial charge is 0.239 e. The summed E-state index contributed by atoms with van der Waals surface area (Å²) in [4.78, 5) is 10.1. The SMILES string of the molecule is Cc1ccccc1N(C)c1nc(NN)ncc1Cl. The van der Waals surface area contributed by atoms with Crippen LogP contribution in [-0.4, -0.2) is 17.0 Å². The van der Waals surface area contributed by atoms with E-state index in [0.717, 1.165) is 11.3 Å². The highest BCUT2D eigenvalue weighted by Crippen LogP contribution is 2.30. The van der Waals surface area contributed by atoms with Crippen LogP contribution in [0.1, 0.15) is 5.56 Å². The van der Waals surface area contributed by atoms with E-state index in [9.17, 15) is 0 Å². The van der Waals surface area contributed by atoms with Crippen LogP contribution in [0.2, 0.25) is 5.02 Å². The monoisotopic (exact) mass is 263 g/mol. The molecule has 2 rings (SSSR count). The summed E-state index contributed by atoms with van der Waals surface area (Å²) in [6.45, 7) is 2.03. The van der Waals surface area contributed by atoms with E-state index in [1.54, 1.807) is 0 Å². The van der Waals surface area contributed by atoms with Crippen LogP contribution >= 0.6 is 11.6 Å². The Morgan fingerprint density at radius 3 is 2.72 bits per heavy atom. The Hall–Kier alpha value is -1.85. The molecule has 0 aliphatic rings. The third kappa shape index (κ3) is 2.37. The Labute approximate surface area is 111 Å². The number of nitrogens with zero attached hydrogens (tertiary/aromatic N) is 3. The van der Waals surface area contributed by atoms with E-state index >= 15 is 0 Å². The molecule has 0 unspecified atom stereocenters. The van der Waals surface area contributed by atoms with Gasteiger partial charge in [0.05, 0.1) is 6.20 Å². The summed E-state index contributed by atoms with van der Waals surface area (Å²) in [5.74, 6) is 6.23. The fourth-order valence-electron chi connectivity index (χ4n) is 1.72. The molecule has 6 heteroatoms. The molecule has 0 bridgehead atoms. The van der Waals surface area contributed by atoms with Gasteiger partial charge in [0.15, 0.2) is 5.82 Å². The topological polar surface area (TPSA) is 67.1 Å². The van der Waals surface area contributed by atoms with Crippen molar-refractivity contribution in [1.29, 1.82) is 0 Å². The fourth-order valence-corrected chi connectivity index (χ4v) is 1.93. The van der Waals surface area contributed by atoms with Crippen LogP contribution < -0.4 is 16.2 Å². The van der Waals surface area contributed by atoms with Gasteiger partial charge in [0.25, 0.3) is 0 Å². The maximum absolute atomic E-state index is 6.12. The lowest BCUT2D eigenvalue weighted by molar-refractivity contribution is 1.06. The first-order valence-corrected chi connectivity index (χ1v) is 5.80. The van der Waals surface area contributed by atoms with Crippen molar-refractivity contribution in [1.82, 2.24) is 9.97 Å². The summed E-state index contributed by atoms with van der Waals surface area (Å²) in [7, 11) is 1.90. The first kappa shape index (κ1) is 12.6. The van der Waals surface area contributed by atoms with Gasteiger partial charge >= 0.3 is 0 Å². The molecule has 3 N–H and O–H groups in total. The molecule has 2 aromatic rings. The second kappa shape index (κ2) is 5.20. The minimum absolute atomic E-state index is 0.329. The van der Waals surface area contributed by atoms with Gasteiger partial charge in [-0.2, -0.15) is 4.98 Å². The molecular formula is C12H14ClN5. The number of para-hydroxylation sites is 1. The molecule has 94 valence electrons. The van der Waals surface area contributed by atoms with E-state index in [1.807, 2.05) is 43.1 Å². The number of anilines is 3. The quantitative estimate of drug-likeness (QED) is 0.658. The van der Waals surface area contributed by atoms with Crippen molar-refractivity contribution in [3.05, 3.63) is 41.0 Å². The van der Waals surface area contributed by atoms with Gasteiger partial charge < -0.3 is 4.90 Å². The van der Waals surface area contributed by atoms with E-state index in [2.05, 4.69) is 15.4 Å². The number of benzene rings is 1. The number of nitrogens with one attached hydrogen (secondary N) is 1. The zero-order valence-electron chi connectivity index (χ0n) is 10.2. The molecule has 0 atom stereocenters. The van der Waals surface area contributed by atoms with E-state index in [4.69, 9.17) is 17.4 Å². The van der Waals surface area contributed by atoms with Crippen molar-refractivity contribution in [3.8, 4) is 0 Å². The predicted molar refractivity (Wildman–Crippen MR) is 74.1 cm³/mol. The lowest BCUT2D eigenvalue weighted by Gasteiger charge is -2.21. The van der Waals surface area contributed by atoms with Crippen LogP contribution in [0.5, 0.6) is 0 Å². The predicted octanol–water partition coefficient (Wildman–Crippen LogP) is 2.49. The van der Waals surface area contributed by atoms with Crippen molar-refractivity contribution in [2.24, 2.45) is 5.84 Å². The Balaban J connectivity index is 2.45. The largest absolute Gasteiger partial charge is 0.328 e. The van der Waals surface area contributed by atoms with Crippen molar-refractivity contribution in [3.63, 3.8) is 0 Å². The fraction of sp³-hybridized carbons (Fsp3) is 0.167. The molecule has 5 nitrogen and oxygen atoms in total. The maximum atomic E-state index is 6.12. The lowest BCUT2D eigenvalue weighted by Crippen LogP contribution is -2.16. The van der Waals surface area contributed by atoms with Gasteiger partial charge in [-0.25, -0.2) is 10.8 Å². The van der Waals surface area contributed by atoms with Gasteiger partial charge in [0.1, 0.15) is 5.02 Å². The summed E-state index contributed by atoms with van der Waals surface area (Å²) in [5.41, 5.74) is 4.57. The molecule has 1 aromatic carbocycles. The van der Waals surface area contributed by atoms with Crippen LogP contribution in [-0.2, 0) is 0 Å². The first-order chi connectivity index (χ1) is 8.63. The van der Waals surface area contributed by atoms with E-state index < -0.39 is 0 Å². The van der Waals surface area contributed by atoms with Crippen molar-refractivity contribution in [2.75, 3.05) is 17.4 Å². The summed E-state index contributed by atoms with van der Waals surface area (Å²) in [6.07, 6.45) is 1.52. The number of nitrogens with two attached hydrogens (primary N) is 1. The van der Waals surface area contributed by atoms with Gasteiger partial charge in [-0.15, -0.1) is 0 Å². The van der Waals surface area contributed by atoms with Crippen LogP contribution in [0.3, 0.4) is 0 Å². The van der Waals surface area contributed by atoms with E-state index in [1.165, 1.54) is 6.20 Å². The number of aromatic nitrogens is 2. The number of hydrogen-bond acceptors (Lipinski definition) is 5. The second-order valence-corrected chi connectivity index (χ2v) is 4.26. The van der Waals surface area contributed by atoms with Gasteiger partial charge in [-0.05, 0) is 18.6 Å². The number of nitrogen functional groups attached to an aromatic ring is 1. The van der Waals surface area contributed by atoms with Crippen LogP contribution in [0.15, 0.2) is 30.5 Å². The molecule has 0 saturated carbocycles. The number of rotatable bonds is 3. The lowest BCUT2D eigenvalue weighted by atomic mass is 10.2. The highest BCUT2D eigenvalue weighted by atomic mass is 35.5. The van der Waals surface area contributed by atoms with Crippen LogP contribution in [0.25, 0.3) is 0 Å². The Kier molecular flexibility index (Phi) is 3.64. The normalized spacial score (nSPS) is 10.2. The number of aryl methyl sites for hydroxylation is 1. The zero-order chi connectivity index (χ0) is 13.1. The second-order valence-electron chi connectivity index (χ2n) is 3.85. The zero-order valence-corrected chi connectivity index (χ0v) is 10.9. The van der Waals surface area contributed by atoms with Crippen molar-refractivity contribution in [2.45, 2.75) is 6.92 Å². The molecule has 0 saturated heterocycles. The summed E-state index contributed by atoms with van der Waals surface area (Å²) < 4.78 is 0. The van der Waals surface area contributed by atoms with E-state index in [0.29, 0.717) is 16.8 Å². The standard InChI is InChI=1S/C12H14ClN5/c1-8-5-3-4-6-10(8)18(2)11-9(13)7-15-12(16-11)17-14/h3-7H,14H2,1-2H3,(H,15,16,17). The third-order valence-corrected chi connectivity index (χ3v) is 2.92. The van der Waals surface area contributed by atoms with Gasteiger partial charge in [-0.3, -0.25) is 5.43 Å². The molecule has 1 aromatic heterocycles. The molecule has 0 amide bonds. The molecule has 0 aliphatic heterocycles. The third-order valence-electron chi connectivity index (χ3n) is 2.65. The van der Waals surface area contributed by atoms with Crippen LogP contribution in [0.4, 0.5) is 17.5 Å². The molecular weight excluding hydrogens is 250 g/mol. The Morgan fingerprint density at radius 2 is 2.06 bits per heavy atom. The van der Waals surface area contributed by atoms with E-state index in [-0.39, 0.29) is 0 Å². The number of halogens is 1. The Bertz CT molecular complexity index is 558.